The summed E-state index contributed by atoms with van der Waals surface area (Å²) in [6.07, 6.45) is -4.79. The van der Waals surface area contributed by atoms with Crippen molar-refractivity contribution in [1.82, 2.24) is 14.8 Å². The zero-order valence-corrected chi connectivity index (χ0v) is 15.6. The molecule has 152 valence electrons. The minimum Gasteiger partial charge on any atom is -0.479 e. The molecule has 0 saturated carbocycles. The highest BCUT2D eigenvalue weighted by Gasteiger charge is 2.48. The van der Waals surface area contributed by atoms with Crippen molar-refractivity contribution in [1.29, 1.82) is 0 Å². The molecule has 5 atom stereocenters. The fraction of sp³-hybridized carbons (Fsp3) is 0.611. The van der Waals surface area contributed by atoms with E-state index in [4.69, 9.17) is 9.47 Å². The number of ether oxygens (including phenoxy) is 2. The second kappa shape index (κ2) is 6.96. The van der Waals surface area contributed by atoms with Crippen LogP contribution in [0.15, 0.2) is 0 Å². The molecule has 10 nitrogen and oxygen atoms in total. The van der Waals surface area contributed by atoms with Crippen molar-refractivity contribution in [2.75, 3.05) is 0 Å². The van der Waals surface area contributed by atoms with Gasteiger partial charge in [0, 0.05) is 18.0 Å². The number of aliphatic carboxylic acids is 1. The van der Waals surface area contributed by atoms with E-state index in [-0.39, 0.29) is 5.88 Å². The van der Waals surface area contributed by atoms with Crippen LogP contribution in [0.2, 0.25) is 0 Å². The molecule has 3 heterocycles. The Morgan fingerprint density at radius 2 is 1.82 bits per heavy atom. The van der Waals surface area contributed by atoms with E-state index in [9.17, 15) is 25.2 Å². The van der Waals surface area contributed by atoms with Gasteiger partial charge in [0.2, 0.25) is 12.2 Å². The number of pyridine rings is 1. The summed E-state index contributed by atoms with van der Waals surface area (Å²) in [5.74, 6) is -1.23. The minimum absolute atomic E-state index is 0.224. The summed E-state index contributed by atoms with van der Waals surface area (Å²) in [6, 6.07) is 0. The van der Waals surface area contributed by atoms with Gasteiger partial charge in [-0.05, 0) is 38.2 Å². The molecule has 0 radical (unpaired) electrons. The number of aliphatic hydroxyl groups excluding tert-OH is 3. The smallest absolute Gasteiger partial charge is 0.335 e. The van der Waals surface area contributed by atoms with Gasteiger partial charge in [-0.3, -0.25) is 4.68 Å². The Morgan fingerprint density at radius 3 is 2.50 bits per heavy atom. The van der Waals surface area contributed by atoms with Crippen LogP contribution in [0.3, 0.4) is 0 Å². The summed E-state index contributed by atoms with van der Waals surface area (Å²) >= 11 is 0. The van der Waals surface area contributed by atoms with Crippen LogP contribution in [0.4, 0.5) is 0 Å². The molecule has 4 N–H and O–H groups in total. The maximum absolute atomic E-state index is 11.3. The Balaban J connectivity index is 1.75. The van der Waals surface area contributed by atoms with Crippen molar-refractivity contribution in [2.24, 2.45) is 7.05 Å². The van der Waals surface area contributed by atoms with Crippen molar-refractivity contribution < 1.29 is 34.7 Å². The number of nitrogens with zero attached hydrogens (tertiary/aromatic N) is 3. The standard InChI is InChI=1S/C18H23N3O7/c1-7-10-8-5-3-4-6-9(8)16(19-15(10)21(2)20-7)28-18-13(24)11(22)12(23)14(27-18)17(25)26/h11-14,18,22-24H,3-6H2,1-2H3,(H,25,26)/t11-,12+,13+,14-,18-/m0/s1. The van der Waals surface area contributed by atoms with E-state index < -0.39 is 36.7 Å². The lowest BCUT2D eigenvalue weighted by Crippen LogP contribution is -2.61. The average Bonchev–Trinajstić information content (AvgIpc) is 2.95. The first-order valence-electron chi connectivity index (χ1n) is 9.23. The summed E-state index contributed by atoms with van der Waals surface area (Å²) < 4.78 is 12.7. The van der Waals surface area contributed by atoms with E-state index in [2.05, 4.69) is 10.1 Å². The van der Waals surface area contributed by atoms with Gasteiger partial charge in [-0.1, -0.05) is 0 Å². The van der Waals surface area contributed by atoms with E-state index in [1.54, 1.807) is 11.7 Å². The number of carbonyl (C=O) groups is 1. The maximum atomic E-state index is 11.3. The molecule has 28 heavy (non-hydrogen) atoms. The van der Waals surface area contributed by atoms with Crippen LogP contribution in [-0.4, -0.2) is 71.9 Å². The number of hydrogen-bond acceptors (Lipinski definition) is 8. The van der Waals surface area contributed by atoms with Gasteiger partial charge in [0.05, 0.1) is 5.69 Å². The summed E-state index contributed by atoms with van der Waals surface area (Å²) in [6.45, 7) is 1.92. The lowest BCUT2D eigenvalue weighted by molar-refractivity contribution is -0.271. The van der Waals surface area contributed by atoms with Crippen molar-refractivity contribution >= 4 is 17.0 Å². The molecule has 0 aromatic carbocycles. The quantitative estimate of drug-likeness (QED) is 0.538. The van der Waals surface area contributed by atoms with Gasteiger partial charge in [-0.25, -0.2) is 4.79 Å². The van der Waals surface area contributed by atoms with Gasteiger partial charge in [0.25, 0.3) is 0 Å². The topological polar surface area (TPSA) is 147 Å². The summed E-state index contributed by atoms with van der Waals surface area (Å²) in [7, 11) is 1.77. The van der Waals surface area contributed by atoms with Crippen LogP contribution in [0.5, 0.6) is 5.88 Å². The second-order valence-electron chi connectivity index (χ2n) is 7.34. The Bertz CT molecular complexity index is 928. The van der Waals surface area contributed by atoms with Crippen molar-refractivity contribution in [3.63, 3.8) is 0 Å². The van der Waals surface area contributed by atoms with E-state index in [1.807, 2.05) is 6.92 Å². The van der Waals surface area contributed by atoms with E-state index >= 15 is 0 Å². The van der Waals surface area contributed by atoms with Crippen LogP contribution in [0.25, 0.3) is 11.0 Å². The van der Waals surface area contributed by atoms with Crippen LogP contribution in [0.1, 0.15) is 29.7 Å². The molecule has 1 aliphatic carbocycles. The van der Waals surface area contributed by atoms with Gasteiger partial charge in [-0.15, -0.1) is 0 Å². The molecule has 1 aliphatic heterocycles. The van der Waals surface area contributed by atoms with Crippen molar-refractivity contribution in [3.8, 4) is 5.88 Å². The number of rotatable bonds is 3. The molecular weight excluding hydrogens is 370 g/mol. The molecule has 1 fully saturated rings. The molecule has 0 unspecified atom stereocenters. The minimum atomic E-state index is -1.77. The fourth-order valence-electron chi connectivity index (χ4n) is 4.07. The van der Waals surface area contributed by atoms with Gasteiger partial charge >= 0.3 is 5.97 Å². The fourth-order valence-corrected chi connectivity index (χ4v) is 4.07. The monoisotopic (exact) mass is 393 g/mol. The van der Waals surface area contributed by atoms with E-state index in [0.29, 0.717) is 5.65 Å². The maximum Gasteiger partial charge on any atom is 0.335 e. The largest absolute Gasteiger partial charge is 0.479 e. The highest BCUT2D eigenvalue weighted by Crippen LogP contribution is 2.36. The Hall–Kier alpha value is -2.27. The van der Waals surface area contributed by atoms with Crippen molar-refractivity contribution in [3.05, 3.63) is 16.8 Å². The zero-order valence-electron chi connectivity index (χ0n) is 15.6. The molecule has 10 heteroatoms. The molecule has 2 aliphatic rings. The summed E-state index contributed by atoms with van der Waals surface area (Å²) in [5.41, 5.74) is 3.44. The molecule has 1 saturated heterocycles. The third-order valence-corrected chi connectivity index (χ3v) is 5.47. The number of hydrogen-bond donors (Lipinski definition) is 4. The normalized spacial score (nSPS) is 30.2. The van der Waals surface area contributed by atoms with E-state index in [1.165, 1.54) is 0 Å². The average molecular weight is 393 g/mol. The Labute approximate surface area is 160 Å². The first kappa shape index (κ1) is 19.1. The Kier molecular flexibility index (Phi) is 4.74. The number of aliphatic hydroxyl groups is 3. The lowest BCUT2D eigenvalue weighted by atomic mass is 9.90. The highest BCUT2D eigenvalue weighted by atomic mass is 16.7. The first-order chi connectivity index (χ1) is 13.3. The lowest BCUT2D eigenvalue weighted by Gasteiger charge is -2.38. The van der Waals surface area contributed by atoms with Crippen molar-refractivity contribution in [2.45, 2.75) is 63.3 Å². The molecule has 4 rings (SSSR count). The SMILES string of the molecule is Cc1nn(C)c2nc(O[C@@H]3O[C@H](C(=O)O)[C@H](O)[C@H](O)[C@H]3O)c3c(c12)CCCC3. The van der Waals surface area contributed by atoms with Crippen LogP contribution in [-0.2, 0) is 29.4 Å². The number of carboxylic acid groups (broad SMARTS) is 1. The molecule has 0 amide bonds. The van der Waals surface area contributed by atoms with Crippen LogP contribution < -0.4 is 4.74 Å². The predicted octanol–water partition coefficient (Wildman–Crippen LogP) is -0.573. The summed E-state index contributed by atoms with van der Waals surface area (Å²) in [4.78, 5) is 15.9. The van der Waals surface area contributed by atoms with Gasteiger partial charge in [0.15, 0.2) is 11.8 Å². The van der Waals surface area contributed by atoms with E-state index in [0.717, 1.165) is 47.9 Å². The number of fused-ring (bicyclic) bond motifs is 3. The third kappa shape index (κ3) is 2.93. The van der Waals surface area contributed by atoms with Gasteiger partial charge in [-0.2, -0.15) is 10.1 Å². The third-order valence-electron chi connectivity index (χ3n) is 5.47. The first-order valence-corrected chi connectivity index (χ1v) is 9.23. The molecule has 0 spiro atoms. The molecular formula is C18H23N3O7. The highest BCUT2D eigenvalue weighted by molar-refractivity contribution is 5.84. The molecule has 2 aromatic heterocycles. The molecule has 0 bridgehead atoms. The van der Waals surface area contributed by atoms with Crippen LogP contribution >= 0.6 is 0 Å². The summed E-state index contributed by atoms with van der Waals surface area (Å²) in [5, 5.41) is 44.7. The number of aromatic nitrogens is 3. The van der Waals surface area contributed by atoms with Gasteiger partial charge < -0.3 is 29.9 Å². The zero-order chi connectivity index (χ0) is 20.2. The van der Waals surface area contributed by atoms with Gasteiger partial charge in [0.1, 0.15) is 18.3 Å². The molecule has 2 aromatic rings. The number of aryl methyl sites for hydroxylation is 3. The number of carboxylic acids is 1. The predicted molar refractivity (Wildman–Crippen MR) is 94.8 cm³/mol. The second-order valence-corrected chi connectivity index (χ2v) is 7.34. The Morgan fingerprint density at radius 1 is 1.14 bits per heavy atom. The van der Waals surface area contributed by atoms with Crippen LogP contribution in [0, 0.1) is 6.92 Å².